The maximum Gasteiger partial charge on any atom is 0.270 e. The van der Waals surface area contributed by atoms with E-state index < -0.39 is 0 Å². The van der Waals surface area contributed by atoms with Crippen molar-refractivity contribution in [2.45, 2.75) is 39.2 Å². The molecule has 2 unspecified atom stereocenters. The molecule has 18 heavy (non-hydrogen) atoms. The summed E-state index contributed by atoms with van der Waals surface area (Å²) >= 11 is 3.31. The molecule has 1 heterocycles. The van der Waals surface area contributed by atoms with Gasteiger partial charge in [0.2, 0.25) is 0 Å². The highest BCUT2D eigenvalue weighted by Crippen LogP contribution is 2.28. The van der Waals surface area contributed by atoms with Crippen LogP contribution in [0, 0.1) is 11.8 Å². The summed E-state index contributed by atoms with van der Waals surface area (Å²) in [7, 11) is 0. The Kier molecular flexibility index (Phi) is 4.38. The minimum atomic E-state index is -0.0613. The quantitative estimate of drug-likeness (QED) is 0.909. The van der Waals surface area contributed by atoms with Crippen LogP contribution < -0.4 is 5.32 Å². The Labute approximate surface area is 117 Å². The van der Waals surface area contributed by atoms with Crippen LogP contribution in [0.4, 0.5) is 0 Å². The van der Waals surface area contributed by atoms with Gasteiger partial charge in [0.1, 0.15) is 5.69 Å². The van der Waals surface area contributed by atoms with Gasteiger partial charge in [-0.1, -0.05) is 13.8 Å². The van der Waals surface area contributed by atoms with Crippen LogP contribution in [-0.4, -0.2) is 16.9 Å². The zero-order valence-electron chi connectivity index (χ0n) is 10.8. The molecule has 1 aromatic heterocycles. The monoisotopic (exact) mass is 310 g/mol. The average Bonchev–Trinajstić information content (AvgIpc) is 2.28. The predicted octanol–water partition coefficient (Wildman–Crippen LogP) is 3.40. The molecule has 0 spiro atoms. The standard InChI is InChI=1S/C14H19BrN2O/c1-9-5-10(2)7-12(6-9)17-14(18)13-4-3-11(15)8-16-13/h3-4,8-10,12H,5-7H2,1-2H3,(H,17,18). The molecule has 1 saturated carbocycles. The molecule has 1 aromatic rings. The number of hydrogen-bond donors (Lipinski definition) is 1. The van der Waals surface area contributed by atoms with Gasteiger partial charge in [0.05, 0.1) is 0 Å². The van der Waals surface area contributed by atoms with E-state index in [1.54, 1.807) is 12.3 Å². The normalized spacial score (nSPS) is 27.8. The van der Waals surface area contributed by atoms with Crippen LogP contribution >= 0.6 is 15.9 Å². The average molecular weight is 311 g/mol. The molecule has 0 saturated heterocycles. The smallest absolute Gasteiger partial charge is 0.270 e. The van der Waals surface area contributed by atoms with Crippen LogP contribution in [-0.2, 0) is 0 Å². The van der Waals surface area contributed by atoms with Crippen molar-refractivity contribution < 1.29 is 4.79 Å². The number of carbonyl (C=O) groups excluding carboxylic acids is 1. The van der Waals surface area contributed by atoms with Crippen molar-refractivity contribution in [1.29, 1.82) is 0 Å². The first-order valence-electron chi connectivity index (χ1n) is 6.47. The third kappa shape index (κ3) is 3.55. The van der Waals surface area contributed by atoms with Crippen molar-refractivity contribution in [2.24, 2.45) is 11.8 Å². The summed E-state index contributed by atoms with van der Waals surface area (Å²) in [6, 6.07) is 3.88. The molecule has 0 aliphatic heterocycles. The van der Waals surface area contributed by atoms with Crippen molar-refractivity contribution in [3.05, 3.63) is 28.5 Å². The van der Waals surface area contributed by atoms with E-state index in [1.807, 2.05) is 6.07 Å². The summed E-state index contributed by atoms with van der Waals surface area (Å²) in [5, 5.41) is 3.10. The molecule has 1 N–H and O–H groups in total. The maximum atomic E-state index is 12.0. The van der Waals surface area contributed by atoms with Crippen molar-refractivity contribution in [3.8, 4) is 0 Å². The van der Waals surface area contributed by atoms with E-state index in [4.69, 9.17) is 0 Å². The van der Waals surface area contributed by atoms with Crippen molar-refractivity contribution in [3.63, 3.8) is 0 Å². The second kappa shape index (κ2) is 5.83. The summed E-state index contributed by atoms with van der Waals surface area (Å²) in [5.41, 5.74) is 0.490. The highest BCUT2D eigenvalue weighted by molar-refractivity contribution is 9.10. The van der Waals surface area contributed by atoms with Gasteiger partial charge >= 0.3 is 0 Å². The molecule has 2 atom stereocenters. The van der Waals surface area contributed by atoms with E-state index in [-0.39, 0.29) is 5.91 Å². The molecule has 1 aliphatic rings. The maximum absolute atomic E-state index is 12.0. The highest BCUT2D eigenvalue weighted by Gasteiger charge is 2.25. The third-order valence-electron chi connectivity index (χ3n) is 3.47. The van der Waals surface area contributed by atoms with Crippen molar-refractivity contribution in [2.75, 3.05) is 0 Å². The van der Waals surface area contributed by atoms with E-state index in [0.29, 0.717) is 23.6 Å². The number of halogens is 1. The summed E-state index contributed by atoms with van der Waals surface area (Å²) in [5.74, 6) is 1.32. The summed E-state index contributed by atoms with van der Waals surface area (Å²) in [6.07, 6.45) is 5.07. The van der Waals surface area contributed by atoms with Crippen LogP contribution in [0.1, 0.15) is 43.6 Å². The SMILES string of the molecule is CC1CC(C)CC(NC(=O)c2ccc(Br)cn2)C1. The van der Waals surface area contributed by atoms with Gasteiger partial charge in [-0.15, -0.1) is 0 Å². The molecule has 1 aliphatic carbocycles. The lowest BCUT2D eigenvalue weighted by Gasteiger charge is -2.31. The fourth-order valence-corrected chi connectivity index (χ4v) is 3.07. The Morgan fingerprint density at radius 1 is 1.28 bits per heavy atom. The molecule has 4 heteroatoms. The predicted molar refractivity (Wildman–Crippen MR) is 75.4 cm³/mol. The summed E-state index contributed by atoms with van der Waals surface area (Å²) in [6.45, 7) is 4.51. The van der Waals surface area contributed by atoms with Gasteiger partial charge in [0.25, 0.3) is 5.91 Å². The first-order valence-corrected chi connectivity index (χ1v) is 7.26. The lowest BCUT2D eigenvalue weighted by molar-refractivity contribution is 0.0906. The number of rotatable bonds is 2. The topological polar surface area (TPSA) is 42.0 Å². The zero-order chi connectivity index (χ0) is 13.1. The first kappa shape index (κ1) is 13.5. The number of amides is 1. The van der Waals surface area contributed by atoms with Gasteiger partial charge in [-0.25, -0.2) is 4.98 Å². The summed E-state index contributed by atoms with van der Waals surface area (Å²) < 4.78 is 0.888. The molecule has 0 bridgehead atoms. The Hall–Kier alpha value is -0.900. The van der Waals surface area contributed by atoms with Gasteiger partial charge in [-0.05, 0) is 59.2 Å². The van der Waals surface area contributed by atoms with Crippen molar-refractivity contribution >= 4 is 21.8 Å². The van der Waals surface area contributed by atoms with Crippen LogP contribution in [0.2, 0.25) is 0 Å². The van der Waals surface area contributed by atoms with Gasteiger partial charge in [-0.3, -0.25) is 4.79 Å². The van der Waals surface area contributed by atoms with Gasteiger partial charge in [0, 0.05) is 16.7 Å². The third-order valence-corrected chi connectivity index (χ3v) is 3.94. The molecule has 1 fully saturated rings. The van der Waals surface area contributed by atoms with E-state index in [0.717, 1.165) is 17.3 Å². The van der Waals surface area contributed by atoms with Crippen LogP contribution in [0.15, 0.2) is 22.8 Å². The van der Waals surface area contributed by atoms with Crippen LogP contribution in [0.25, 0.3) is 0 Å². The fraction of sp³-hybridized carbons (Fsp3) is 0.571. The van der Waals surface area contributed by atoms with E-state index >= 15 is 0 Å². The Morgan fingerprint density at radius 3 is 2.50 bits per heavy atom. The van der Waals surface area contributed by atoms with Crippen LogP contribution in [0.5, 0.6) is 0 Å². The minimum absolute atomic E-state index is 0.0613. The lowest BCUT2D eigenvalue weighted by atomic mass is 9.80. The minimum Gasteiger partial charge on any atom is -0.348 e. The van der Waals surface area contributed by atoms with Gasteiger partial charge in [-0.2, -0.15) is 0 Å². The number of nitrogens with zero attached hydrogens (tertiary/aromatic N) is 1. The lowest BCUT2D eigenvalue weighted by Crippen LogP contribution is -2.40. The molecule has 1 amide bonds. The Morgan fingerprint density at radius 2 is 1.94 bits per heavy atom. The number of nitrogens with one attached hydrogen (secondary N) is 1. The van der Waals surface area contributed by atoms with Crippen LogP contribution in [0.3, 0.4) is 0 Å². The van der Waals surface area contributed by atoms with E-state index in [9.17, 15) is 4.79 Å². The molecule has 3 nitrogen and oxygen atoms in total. The van der Waals surface area contributed by atoms with Gasteiger partial charge in [0.15, 0.2) is 0 Å². The number of carbonyl (C=O) groups is 1. The number of hydrogen-bond acceptors (Lipinski definition) is 2. The molecule has 0 radical (unpaired) electrons. The van der Waals surface area contributed by atoms with E-state index in [1.165, 1.54) is 6.42 Å². The number of aromatic nitrogens is 1. The molecular formula is C14H19BrN2O. The molecule has 2 rings (SSSR count). The largest absolute Gasteiger partial charge is 0.348 e. The zero-order valence-corrected chi connectivity index (χ0v) is 12.4. The Bertz CT molecular complexity index is 408. The number of pyridine rings is 1. The first-order chi connectivity index (χ1) is 8.54. The Balaban J connectivity index is 1.96. The van der Waals surface area contributed by atoms with E-state index in [2.05, 4.69) is 40.1 Å². The molecular weight excluding hydrogens is 292 g/mol. The highest BCUT2D eigenvalue weighted by atomic mass is 79.9. The fourth-order valence-electron chi connectivity index (χ4n) is 2.83. The van der Waals surface area contributed by atoms with Gasteiger partial charge < -0.3 is 5.32 Å². The second-order valence-corrected chi connectivity index (χ2v) is 6.37. The van der Waals surface area contributed by atoms with Crippen molar-refractivity contribution in [1.82, 2.24) is 10.3 Å². The molecule has 98 valence electrons. The second-order valence-electron chi connectivity index (χ2n) is 5.45. The molecule has 0 aromatic carbocycles. The summed E-state index contributed by atoms with van der Waals surface area (Å²) in [4.78, 5) is 16.2.